The fourth-order valence-corrected chi connectivity index (χ4v) is 2.45. The van der Waals surface area contributed by atoms with Crippen LogP contribution in [0, 0.1) is 17.5 Å². The summed E-state index contributed by atoms with van der Waals surface area (Å²) < 4.78 is 79.1. The molecule has 33 heavy (non-hydrogen) atoms. The Labute approximate surface area is 183 Å². The lowest BCUT2D eigenvalue weighted by Gasteiger charge is -2.16. The molecule has 1 unspecified atom stereocenters. The van der Waals surface area contributed by atoms with Crippen molar-refractivity contribution in [3.05, 3.63) is 53.3 Å². The Morgan fingerprint density at radius 2 is 1.73 bits per heavy atom. The van der Waals surface area contributed by atoms with Crippen LogP contribution < -0.4 is 20.1 Å². The third-order valence-corrected chi connectivity index (χ3v) is 4.01. The van der Waals surface area contributed by atoms with Gasteiger partial charge in [0.15, 0.2) is 35.1 Å². The van der Waals surface area contributed by atoms with E-state index in [1.807, 2.05) is 5.32 Å². The third-order valence-electron chi connectivity index (χ3n) is 4.01. The quantitative estimate of drug-likeness (QED) is 0.328. The van der Waals surface area contributed by atoms with Crippen LogP contribution in [0.2, 0.25) is 0 Å². The summed E-state index contributed by atoms with van der Waals surface area (Å²) in [4.78, 5) is 36.3. The molecule has 2 rings (SSSR count). The van der Waals surface area contributed by atoms with E-state index in [0.717, 1.165) is 26.2 Å². The van der Waals surface area contributed by atoms with Gasteiger partial charge in [-0.25, -0.2) is 18.0 Å². The van der Waals surface area contributed by atoms with Gasteiger partial charge in [0.1, 0.15) is 5.56 Å². The molecule has 0 heterocycles. The second kappa shape index (κ2) is 11.1. The van der Waals surface area contributed by atoms with Gasteiger partial charge in [-0.2, -0.15) is 8.78 Å². The molecule has 178 valence electrons. The van der Waals surface area contributed by atoms with E-state index in [1.165, 1.54) is 12.1 Å². The van der Waals surface area contributed by atoms with Crippen LogP contribution in [0.15, 0.2) is 30.3 Å². The third kappa shape index (κ3) is 6.54. The summed E-state index contributed by atoms with van der Waals surface area (Å²) in [7, 11) is 1.16. The first-order valence-corrected chi connectivity index (χ1v) is 9.09. The molecular formula is C20H17F5N2O6. The van der Waals surface area contributed by atoms with E-state index in [-0.39, 0.29) is 5.75 Å². The van der Waals surface area contributed by atoms with Gasteiger partial charge in [-0.05, 0) is 31.2 Å². The summed E-state index contributed by atoms with van der Waals surface area (Å²) in [6, 6.07) is 5.06. The Hall–Kier alpha value is -3.90. The smallest absolute Gasteiger partial charge is 0.387 e. The lowest BCUT2D eigenvalue weighted by molar-refractivity contribution is -0.130. The molecule has 0 saturated heterocycles. The minimum Gasteiger partial charge on any atom is -0.493 e. The first-order chi connectivity index (χ1) is 15.5. The van der Waals surface area contributed by atoms with Gasteiger partial charge in [0, 0.05) is 0 Å². The summed E-state index contributed by atoms with van der Waals surface area (Å²) in [6.45, 7) is -2.88. The molecule has 2 aromatic carbocycles. The van der Waals surface area contributed by atoms with Gasteiger partial charge in [-0.1, -0.05) is 6.07 Å². The number of ether oxygens (including phenoxy) is 3. The number of nitrogens with one attached hydrogen (secondary N) is 2. The number of halogens is 5. The fraction of sp³-hybridized carbons (Fsp3) is 0.250. The van der Waals surface area contributed by atoms with Crippen molar-refractivity contribution in [2.75, 3.05) is 19.0 Å². The number of hydrogen-bond donors (Lipinski definition) is 2. The number of carbonyl (C=O) groups is 3. The number of rotatable bonds is 9. The normalized spacial score (nSPS) is 11.5. The maximum atomic E-state index is 13.6. The molecule has 0 saturated carbocycles. The molecule has 2 amide bonds. The largest absolute Gasteiger partial charge is 0.493 e. The van der Waals surface area contributed by atoms with Gasteiger partial charge in [-0.15, -0.1) is 0 Å². The molecule has 0 aliphatic rings. The molecule has 0 aliphatic heterocycles. The molecule has 0 spiro atoms. The van der Waals surface area contributed by atoms with Gasteiger partial charge in [0.2, 0.25) is 5.91 Å². The molecular weight excluding hydrogens is 459 g/mol. The first-order valence-electron chi connectivity index (χ1n) is 9.09. The number of anilines is 1. The van der Waals surface area contributed by atoms with Crippen LogP contribution in [-0.2, 0) is 14.3 Å². The number of carbonyl (C=O) groups excluding carboxylic acids is 3. The van der Waals surface area contributed by atoms with Crippen molar-refractivity contribution in [2.45, 2.75) is 19.6 Å². The number of hydrogen-bond acceptors (Lipinski definition) is 6. The number of benzene rings is 2. The minimum atomic E-state index is -3.27. The summed E-state index contributed by atoms with van der Waals surface area (Å²) in [5, 5.41) is 4.01. The lowest BCUT2D eigenvalue weighted by Crippen LogP contribution is -2.40. The summed E-state index contributed by atoms with van der Waals surface area (Å²) in [6.07, 6.45) is -1.49. The van der Waals surface area contributed by atoms with Crippen LogP contribution in [0.5, 0.6) is 11.5 Å². The molecule has 0 aliphatic carbocycles. The highest BCUT2D eigenvalue weighted by Crippen LogP contribution is 2.33. The second-order valence-electron chi connectivity index (χ2n) is 6.25. The van der Waals surface area contributed by atoms with Crippen molar-refractivity contribution in [2.24, 2.45) is 0 Å². The van der Waals surface area contributed by atoms with Crippen molar-refractivity contribution >= 4 is 23.5 Å². The Morgan fingerprint density at radius 1 is 1.03 bits per heavy atom. The zero-order chi connectivity index (χ0) is 24.7. The summed E-state index contributed by atoms with van der Waals surface area (Å²) >= 11 is 0. The molecule has 0 aromatic heterocycles. The molecule has 2 aromatic rings. The maximum Gasteiger partial charge on any atom is 0.387 e. The number of methoxy groups -OCH3 is 1. The second-order valence-corrected chi connectivity index (χ2v) is 6.25. The standard InChI is InChI=1S/C20H17F5N2O6/c1-9(32-19(30)10-4-3-5-13(31-2)17(10)33-20(24)25)18(29)26-8-14(28)27-12-7-6-11(21)15(22)16(12)23/h3-7,9,20H,8H2,1-2H3,(H,26,29)(H,27,28). The van der Waals surface area contributed by atoms with E-state index in [2.05, 4.69) is 10.1 Å². The van der Waals surface area contributed by atoms with Gasteiger partial charge >= 0.3 is 12.6 Å². The van der Waals surface area contributed by atoms with Crippen molar-refractivity contribution in [1.29, 1.82) is 0 Å². The highest BCUT2D eigenvalue weighted by Gasteiger charge is 2.25. The molecule has 13 heteroatoms. The number of amides is 2. The highest BCUT2D eigenvalue weighted by molar-refractivity contribution is 5.97. The van der Waals surface area contributed by atoms with Gasteiger partial charge < -0.3 is 24.8 Å². The van der Waals surface area contributed by atoms with E-state index < -0.39 is 71.5 Å². The monoisotopic (exact) mass is 476 g/mol. The maximum absolute atomic E-state index is 13.6. The van der Waals surface area contributed by atoms with Crippen LogP contribution in [0.4, 0.5) is 27.6 Å². The van der Waals surface area contributed by atoms with Crippen LogP contribution in [0.3, 0.4) is 0 Å². The Balaban J connectivity index is 1.98. The van der Waals surface area contributed by atoms with Crippen molar-refractivity contribution in [3.63, 3.8) is 0 Å². The number of alkyl halides is 2. The summed E-state index contributed by atoms with van der Waals surface area (Å²) in [5.41, 5.74) is -1.10. The molecule has 2 N–H and O–H groups in total. The Kier molecular flexibility index (Phi) is 8.54. The van der Waals surface area contributed by atoms with Crippen molar-refractivity contribution in [3.8, 4) is 11.5 Å². The Bertz CT molecular complexity index is 1050. The van der Waals surface area contributed by atoms with Crippen LogP contribution in [0.1, 0.15) is 17.3 Å². The van der Waals surface area contributed by atoms with Crippen molar-refractivity contribution in [1.82, 2.24) is 5.32 Å². The zero-order valence-electron chi connectivity index (χ0n) is 17.1. The van der Waals surface area contributed by atoms with E-state index in [4.69, 9.17) is 9.47 Å². The van der Waals surface area contributed by atoms with E-state index in [0.29, 0.717) is 6.07 Å². The molecule has 0 bridgehead atoms. The zero-order valence-corrected chi connectivity index (χ0v) is 17.1. The van der Waals surface area contributed by atoms with E-state index in [1.54, 1.807) is 0 Å². The fourth-order valence-electron chi connectivity index (χ4n) is 2.45. The topological polar surface area (TPSA) is 103 Å². The predicted molar refractivity (Wildman–Crippen MR) is 102 cm³/mol. The van der Waals surface area contributed by atoms with E-state index >= 15 is 0 Å². The first kappa shape index (κ1) is 25.4. The number of para-hydroxylation sites is 1. The highest BCUT2D eigenvalue weighted by atomic mass is 19.3. The van der Waals surface area contributed by atoms with Crippen LogP contribution in [0.25, 0.3) is 0 Å². The Morgan fingerprint density at radius 3 is 2.36 bits per heavy atom. The average molecular weight is 476 g/mol. The van der Waals surface area contributed by atoms with Crippen LogP contribution >= 0.6 is 0 Å². The van der Waals surface area contributed by atoms with Gasteiger partial charge in [-0.3, -0.25) is 9.59 Å². The SMILES string of the molecule is COc1cccc(C(=O)OC(C)C(=O)NCC(=O)Nc2ccc(F)c(F)c2F)c1OC(F)F. The average Bonchev–Trinajstić information content (AvgIpc) is 2.77. The van der Waals surface area contributed by atoms with Gasteiger partial charge in [0.25, 0.3) is 5.91 Å². The molecule has 0 fully saturated rings. The van der Waals surface area contributed by atoms with Gasteiger partial charge in [0.05, 0.1) is 19.3 Å². The number of esters is 1. The molecule has 0 radical (unpaired) electrons. The van der Waals surface area contributed by atoms with Crippen LogP contribution in [-0.4, -0.2) is 44.2 Å². The van der Waals surface area contributed by atoms with E-state index in [9.17, 15) is 36.3 Å². The van der Waals surface area contributed by atoms with Crippen molar-refractivity contribution < 1.29 is 50.5 Å². The summed E-state index contributed by atoms with van der Waals surface area (Å²) in [5.74, 6) is -8.80. The lowest BCUT2D eigenvalue weighted by atomic mass is 10.2. The minimum absolute atomic E-state index is 0.178. The predicted octanol–water partition coefficient (Wildman–Crippen LogP) is 3.01. The molecule has 8 nitrogen and oxygen atoms in total. The molecule has 1 atom stereocenters.